The number of amides is 2. The second-order valence-corrected chi connectivity index (χ2v) is 7.49. The van der Waals surface area contributed by atoms with Crippen LogP contribution in [0.15, 0.2) is 24.3 Å². The van der Waals surface area contributed by atoms with Crippen LogP contribution >= 0.6 is 0 Å². The first-order chi connectivity index (χ1) is 12.6. The van der Waals surface area contributed by atoms with Crippen LogP contribution in [-0.4, -0.2) is 54.0 Å². The van der Waals surface area contributed by atoms with Crippen LogP contribution in [0.5, 0.6) is 0 Å². The van der Waals surface area contributed by atoms with Gasteiger partial charge in [-0.1, -0.05) is 29.8 Å². The van der Waals surface area contributed by atoms with Crippen LogP contribution in [0.2, 0.25) is 0 Å². The number of carbonyl (C=O) groups is 2. The summed E-state index contributed by atoms with van der Waals surface area (Å²) in [5, 5.41) is 0. The Bertz CT molecular complexity index is 625. The zero-order valence-corrected chi connectivity index (χ0v) is 15.8. The number of nitrogens with zero attached hydrogens (tertiary/aromatic N) is 2. The standard InChI is InChI=1S/C21H30N2O3/c1-17-6-4-7-18(14-17)15-23(16-19-8-5-13-26-19)21(25)10-12-22-11-3-2-9-20(22)24/h4,6-7,14,19H,2-3,5,8-13,15-16H2,1H3. The third-order valence-corrected chi connectivity index (χ3v) is 5.27. The summed E-state index contributed by atoms with van der Waals surface area (Å²) in [6.07, 6.45) is 5.26. The minimum absolute atomic E-state index is 0.111. The monoisotopic (exact) mass is 358 g/mol. The number of ether oxygens (including phenoxy) is 1. The van der Waals surface area contributed by atoms with Crippen molar-refractivity contribution in [3.63, 3.8) is 0 Å². The van der Waals surface area contributed by atoms with Crippen molar-refractivity contribution in [3.05, 3.63) is 35.4 Å². The van der Waals surface area contributed by atoms with Gasteiger partial charge < -0.3 is 14.5 Å². The SMILES string of the molecule is Cc1cccc(CN(CC2CCCO2)C(=O)CCN2CCCCC2=O)c1. The van der Waals surface area contributed by atoms with Gasteiger partial charge in [0.25, 0.3) is 0 Å². The van der Waals surface area contributed by atoms with Crippen LogP contribution in [0.3, 0.4) is 0 Å². The molecule has 2 fully saturated rings. The molecule has 0 N–H and O–H groups in total. The van der Waals surface area contributed by atoms with Crippen molar-refractivity contribution in [2.75, 3.05) is 26.2 Å². The van der Waals surface area contributed by atoms with Gasteiger partial charge >= 0.3 is 0 Å². The van der Waals surface area contributed by atoms with E-state index in [1.165, 1.54) is 5.56 Å². The lowest BCUT2D eigenvalue weighted by Crippen LogP contribution is -2.41. The minimum atomic E-state index is 0.111. The summed E-state index contributed by atoms with van der Waals surface area (Å²) in [7, 11) is 0. The van der Waals surface area contributed by atoms with Crippen molar-refractivity contribution in [1.82, 2.24) is 9.80 Å². The lowest BCUT2D eigenvalue weighted by atomic mass is 10.1. The van der Waals surface area contributed by atoms with Crippen LogP contribution in [0.1, 0.15) is 49.7 Å². The number of benzene rings is 1. The van der Waals surface area contributed by atoms with E-state index in [0.29, 0.717) is 32.5 Å². The highest BCUT2D eigenvalue weighted by Crippen LogP contribution is 2.17. The molecule has 2 aliphatic rings. The fourth-order valence-electron chi connectivity index (χ4n) is 3.81. The Hall–Kier alpha value is -1.88. The zero-order chi connectivity index (χ0) is 18.4. The molecule has 3 rings (SSSR count). The smallest absolute Gasteiger partial charge is 0.224 e. The lowest BCUT2D eigenvalue weighted by molar-refractivity contribution is -0.136. The van der Waals surface area contributed by atoms with Crippen molar-refractivity contribution in [2.24, 2.45) is 0 Å². The van der Waals surface area contributed by atoms with Gasteiger partial charge in [0.1, 0.15) is 0 Å². The highest BCUT2D eigenvalue weighted by Gasteiger charge is 2.24. The molecule has 1 aromatic rings. The molecular weight excluding hydrogens is 328 g/mol. The maximum absolute atomic E-state index is 12.9. The Morgan fingerprint density at radius 1 is 1.31 bits per heavy atom. The highest BCUT2D eigenvalue weighted by atomic mass is 16.5. The molecule has 2 amide bonds. The summed E-state index contributed by atoms with van der Waals surface area (Å²) in [6.45, 7) is 5.43. The summed E-state index contributed by atoms with van der Waals surface area (Å²) < 4.78 is 5.75. The van der Waals surface area contributed by atoms with Crippen molar-refractivity contribution in [3.8, 4) is 0 Å². The zero-order valence-electron chi connectivity index (χ0n) is 15.8. The van der Waals surface area contributed by atoms with Crippen LogP contribution in [0.4, 0.5) is 0 Å². The molecule has 0 saturated carbocycles. The fourth-order valence-corrected chi connectivity index (χ4v) is 3.81. The summed E-state index contributed by atoms with van der Waals surface area (Å²) in [6, 6.07) is 8.30. The maximum atomic E-state index is 12.9. The van der Waals surface area contributed by atoms with Gasteiger partial charge in [-0.3, -0.25) is 9.59 Å². The van der Waals surface area contributed by atoms with Gasteiger partial charge in [-0.2, -0.15) is 0 Å². The fraction of sp³-hybridized carbons (Fsp3) is 0.619. The first-order valence-corrected chi connectivity index (χ1v) is 9.84. The van der Waals surface area contributed by atoms with Gasteiger partial charge in [0.2, 0.25) is 11.8 Å². The quantitative estimate of drug-likeness (QED) is 0.753. The predicted molar refractivity (Wildman–Crippen MR) is 101 cm³/mol. The van der Waals surface area contributed by atoms with E-state index in [0.717, 1.165) is 44.4 Å². The molecule has 0 spiro atoms. The van der Waals surface area contributed by atoms with Gasteiger partial charge in [-0.15, -0.1) is 0 Å². The van der Waals surface area contributed by atoms with Gasteiger partial charge in [-0.25, -0.2) is 0 Å². The predicted octanol–water partition coefficient (Wildman–Crippen LogP) is 2.91. The maximum Gasteiger partial charge on any atom is 0.224 e. The number of piperidine rings is 1. The lowest BCUT2D eigenvalue weighted by Gasteiger charge is -2.29. The molecule has 0 aromatic heterocycles. The van der Waals surface area contributed by atoms with E-state index in [-0.39, 0.29) is 17.9 Å². The molecular formula is C21H30N2O3. The first kappa shape index (κ1) is 18.9. The minimum Gasteiger partial charge on any atom is -0.376 e. The Morgan fingerprint density at radius 3 is 2.92 bits per heavy atom. The molecule has 5 heteroatoms. The van der Waals surface area contributed by atoms with E-state index in [9.17, 15) is 9.59 Å². The number of hydrogen-bond donors (Lipinski definition) is 0. The second kappa shape index (κ2) is 9.17. The Morgan fingerprint density at radius 2 is 2.19 bits per heavy atom. The van der Waals surface area contributed by atoms with Crippen molar-refractivity contribution < 1.29 is 14.3 Å². The average molecular weight is 358 g/mol. The van der Waals surface area contributed by atoms with Crippen molar-refractivity contribution >= 4 is 11.8 Å². The van der Waals surface area contributed by atoms with Crippen LogP contribution in [0, 0.1) is 6.92 Å². The van der Waals surface area contributed by atoms with Gasteiger partial charge in [0.15, 0.2) is 0 Å². The highest BCUT2D eigenvalue weighted by molar-refractivity contribution is 5.79. The third-order valence-electron chi connectivity index (χ3n) is 5.27. The molecule has 2 saturated heterocycles. The number of rotatable bonds is 7. The normalized spacial score (nSPS) is 20.4. The summed E-state index contributed by atoms with van der Waals surface area (Å²) in [4.78, 5) is 28.6. The number of aryl methyl sites for hydroxylation is 1. The van der Waals surface area contributed by atoms with Gasteiger partial charge in [0, 0.05) is 45.6 Å². The molecule has 1 aromatic carbocycles. The number of likely N-dealkylation sites (tertiary alicyclic amines) is 1. The molecule has 0 radical (unpaired) electrons. The summed E-state index contributed by atoms with van der Waals surface area (Å²) in [5.41, 5.74) is 2.34. The largest absolute Gasteiger partial charge is 0.376 e. The molecule has 5 nitrogen and oxygen atoms in total. The van der Waals surface area contributed by atoms with Crippen LogP contribution in [-0.2, 0) is 20.9 Å². The average Bonchev–Trinajstić information content (AvgIpc) is 3.13. The molecule has 1 atom stereocenters. The second-order valence-electron chi connectivity index (χ2n) is 7.49. The molecule has 1 unspecified atom stereocenters. The molecule has 26 heavy (non-hydrogen) atoms. The van der Waals surface area contributed by atoms with E-state index in [1.54, 1.807) is 0 Å². The van der Waals surface area contributed by atoms with Gasteiger partial charge in [0.05, 0.1) is 6.10 Å². The van der Waals surface area contributed by atoms with Crippen LogP contribution < -0.4 is 0 Å². The van der Waals surface area contributed by atoms with E-state index >= 15 is 0 Å². The third kappa shape index (κ3) is 5.31. The molecule has 2 aliphatic heterocycles. The van der Waals surface area contributed by atoms with Crippen molar-refractivity contribution in [2.45, 2.75) is 58.1 Å². The Kier molecular flexibility index (Phi) is 6.67. The molecule has 142 valence electrons. The van der Waals surface area contributed by atoms with Crippen LogP contribution in [0.25, 0.3) is 0 Å². The van der Waals surface area contributed by atoms with Crippen molar-refractivity contribution in [1.29, 1.82) is 0 Å². The topological polar surface area (TPSA) is 49.9 Å². The molecule has 0 bridgehead atoms. The van der Waals surface area contributed by atoms with E-state index < -0.39 is 0 Å². The number of hydrogen-bond acceptors (Lipinski definition) is 3. The van der Waals surface area contributed by atoms with Gasteiger partial charge in [-0.05, 0) is 38.2 Å². The molecule has 2 heterocycles. The Labute approximate surface area is 156 Å². The number of carbonyl (C=O) groups excluding carboxylic acids is 2. The summed E-state index contributed by atoms with van der Waals surface area (Å²) in [5.74, 6) is 0.300. The van der Waals surface area contributed by atoms with E-state index in [2.05, 4.69) is 25.1 Å². The van der Waals surface area contributed by atoms with E-state index in [1.807, 2.05) is 15.9 Å². The van der Waals surface area contributed by atoms with E-state index in [4.69, 9.17) is 4.74 Å². The first-order valence-electron chi connectivity index (χ1n) is 9.84. The molecule has 0 aliphatic carbocycles. The summed E-state index contributed by atoms with van der Waals surface area (Å²) >= 11 is 0. The Balaban J connectivity index is 1.61.